The van der Waals surface area contributed by atoms with Crippen LogP contribution in [-0.4, -0.2) is 21.8 Å². The number of nitro benzene ring substituents is 1. The smallest absolute Gasteiger partial charge is 0.335 e. The topological polar surface area (TPSA) is 80.4 Å². The maximum atomic E-state index is 10.9. The summed E-state index contributed by atoms with van der Waals surface area (Å²) >= 11 is 1.47. The Kier molecular flexibility index (Phi) is 5.15. The van der Waals surface area contributed by atoms with Crippen LogP contribution >= 0.6 is 11.8 Å². The second kappa shape index (κ2) is 6.39. The number of hydrogen-bond acceptors (Lipinski definition) is 4. The van der Waals surface area contributed by atoms with Crippen LogP contribution in [0.3, 0.4) is 0 Å². The van der Waals surface area contributed by atoms with E-state index in [4.69, 9.17) is 5.11 Å². The number of nitro groups is 1. The van der Waals surface area contributed by atoms with E-state index in [-0.39, 0.29) is 11.3 Å². The molecular weight excluding hydrogens is 254 g/mol. The molecule has 0 aliphatic rings. The zero-order valence-electron chi connectivity index (χ0n) is 10.3. The lowest BCUT2D eigenvalue weighted by molar-refractivity contribution is -0.385. The Hall–Kier alpha value is -1.56. The van der Waals surface area contributed by atoms with Crippen LogP contribution in [0, 0.1) is 17.0 Å². The van der Waals surface area contributed by atoms with Crippen molar-refractivity contribution in [3.63, 3.8) is 0 Å². The molecule has 0 heterocycles. The van der Waals surface area contributed by atoms with Crippen LogP contribution in [-0.2, 0) is 0 Å². The Morgan fingerprint density at radius 1 is 1.50 bits per heavy atom. The second-order valence-electron chi connectivity index (χ2n) is 3.88. The normalized spacial score (nSPS) is 10.3. The summed E-state index contributed by atoms with van der Waals surface area (Å²) in [5.74, 6) is -0.312. The molecule has 1 N–H and O–H groups in total. The van der Waals surface area contributed by atoms with Crippen LogP contribution in [0.5, 0.6) is 0 Å². The van der Waals surface area contributed by atoms with Crippen molar-refractivity contribution in [2.24, 2.45) is 0 Å². The number of nitrogens with zero attached hydrogens (tertiary/aromatic N) is 1. The number of rotatable bonds is 6. The predicted octanol–water partition coefficient (Wildman–Crippen LogP) is 3.49. The molecular formula is C12H15NO4S. The van der Waals surface area contributed by atoms with E-state index < -0.39 is 10.9 Å². The first-order valence-corrected chi connectivity index (χ1v) is 6.61. The summed E-state index contributed by atoms with van der Waals surface area (Å²) in [5, 5.41) is 19.8. The van der Waals surface area contributed by atoms with Crippen molar-refractivity contribution < 1.29 is 14.8 Å². The van der Waals surface area contributed by atoms with E-state index in [0.29, 0.717) is 10.5 Å². The lowest BCUT2D eigenvalue weighted by Gasteiger charge is -2.07. The Morgan fingerprint density at radius 3 is 2.67 bits per heavy atom. The molecule has 0 aromatic heterocycles. The van der Waals surface area contributed by atoms with E-state index in [1.165, 1.54) is 17.8 Å². The van der Waals surface area contributed by atoms with Crippen molar-refractivity contribution in [3.8, 4) is 0 Å². The van der Waals surface area contributed by atoms with Crippen LogP contribution < -0.4 is 0 Å². The molecule has 6 heteroatoms. The second-order valence-corrected chi connectivity index (χ2v) is 5.02. The monoisotopic (exact) mass is 269 g/mol. The van der Waals surface area contributed by atoms with Gasteiger partial charge in [-0.1, -0.05) is 13.3 Å². The number of carbonyl (C=O) groups is 1. The molecule has 0 amide bonds. The summed E-state index contributed by atoms with van der Waals surface area (Å²) in [7, 11) is 0. The number of aromatic carboxylic acids is 1. The minimum atomic E-state index is -1.14. The summed E-state index contributed by atoms with van der Waals surface area (Å²) < 4.78 is 0. The summed E-state index contributed by atoms with van der Waals surface area (Å²) in [5.41, 5.74) is 0.367. The van der Waals surface area contributed by atoms with Gasteiger partial charge in [0.2, 0.25) is 0 Å². The molecule has 1 aromatic rings. The van der Waals surface area contributed by atoms with Gasteiger partial charge >= 0.3 is 5.97 Å². The van der Waals surface area contributed by atoms with E-state index in [1.807, 2.05) is 0 Å². The summed E-state index contributed by atoms with van der Waals surface area (Å²) in [6.45, 7) is 3.71. The highest BCUT2D eigenvalue weighted by Gasteiger charge is 2.18. The average Bonchev–Trinajstić information content (AvgIpc) is 2.30. The minimum Gasteiger partial charge on any atom is -0.478 e. The van der Waals surface area contributed by atoms with Crippen LogP contribution in [0.4, 0.5) is 5.69 Å². The first kappa shape index (κ1) is 14.5. The van der Waals surface area contributed by atoms with Crippen molar-refractivity contribution in [1.82, 2.24) is 0 Å². The molecule has 1 rings (SSSR count). The van der Waals surface area contributed by atoms with E-state index in [2.05, 4.69) is 6.92 Å². The van der Waals surface area contributed by atoms with Gasteiger partial charge in [0.1, 0.15) is 0 Å². The number of benzene rings is 1. The van der Waals surface area contributed by atoms with Gasteiger partial charge in [-0.05, 0) is 25.2 Å². The molecule has 0 aliphatic carbocycles. The Morgan fingerprint density at radius 2 is 2.17 bits per heavy atom. The van der Waals surface area contributed by atoms with Gasteiger partial charge in [-0.2, -0.15) is 0 Å². The number of thioether (sulfide) groups is 1. The zero-order chi connectivity index (χ0) is 13.7. The first-order chi connectivity index (χ1) is 8.47. The molecule has 18 heavy (non-hydrogen) atoms. The van der Waals surface area contributed by atoms with Gasteiger partial charge in [-0.25, -0.2) is 4.79 Å². The molecule has 0 saturated carbocycles. The van der Waals surface area contributed by atoms with E-state index >= 15 is 0 Å². The maximum Gasteiger partial charge on any atom is 0.335 e. The molecule has 0 radical (unpaired) electrons. The maximum absolute atomic E-state index is 10.9. The van der Waals surface area contributed by atoms with E-state index in [0.717, 1.165) is 24.7 Å². The van der Waals surface area contributed by atoms with Crippen LogP contribution in [0.15, 0.2) is 17.0 Å². The summed E-state index contributed by atoms with van der Waals surface area (Å²) in [6.07, 6.45) is 2.03. The third kappa shape index (κ3) is 3.46. The highest BCUT2D eigenvalue weighted by Crippen LogP contribution is 2.31. The van der Waals surface area contributed by atoms with Gasteiger partial charge in [-0.15, -0.1) is 11.8 Å². The van der Waals surface area contributed by atoms with Gasteiger partial charge in [0.15, 0.2) is 0 Å². The number of unbranched alkanes of at least 4 members (excludes halogenated alkanes) is 1. The van der Waals surface area contributed by atoms with Crippen LogP contribution in [0.2, 0.25) is 0 Å². The molecule has 0 unspecified atom stereocenters. The molecule has 0 saturated heterocycles. The minimum absolute atomic E-state index is 0.0358. The fourth-order valence-corrected chi connectivity index (χ4v) is 2.65. The lowest BCUT2D eigenvalue weighted by Crippen LogP contribution is -2.01. The fraction of sp³-hybridized carbons (Fsp3) is 0.417. The molecule has 0 atom stereocenters. The van der Waals surface area contributed by atoms with Gasteiger partial charge in [-0.3, -0.25) is 10.1 Å². The Balaban J connectivity index is 3.14. The largest absolute Gasteiger partial charge is 0.478 e. The van der Waals surface area contributed by atoms with Crippen molar-refractivity contribution in [2.45, 2.75) is 31.6 Å². The molecule has 0 aliphatic heterocycles. The zero-order valence-corrected chi connectivity index (χ0v) is 11.1. The standard InChI is InChI=1S/C12H15NO4S/c1-3-4-5-18-11-7-9(12(14)15)6-10(8(11)2)13(16)17/h6-7H,3-5H2,1-2H3,(H,14,15). The van der Waals surface area contributed by atoms with Gasteiger partial charge in [0.05, 0.1) is 10.5 Å². The molecule has 0 bridgehead atoms. The van der Waals surface area contributed by atoms with Crippen molar-refractivity contribution in [2.75, 3.05) is 5.75 Å². The van der Waals surface area contributed by atoms with Crippen molar-refractivity contribution >= 4 is 23.4 Å². The molecule has 98 valence electrons. The molecule has 0 fully saturated rings. The lowest BCUT2D eigenvalue weighted by atomic mass is 10.1. The molecule has 0 spiro atoms. The van der Waals surface area contributed by atoms with E-state index in [9.17, 15) is 14.9 Å². The van der Waals surface area contributed by atoms with Crippen molar-refractivity contribution in [1.29, 1.82) is 0 Å². The molecule has 5 nitrogen and oxygen atoms in total. The quantitative estimate of drug-likeness (QED) is 0.370. The SMILES string of the molecule is CCCCSc1cc(C(=O)O)cc([N+](=O)[O-])c1C. The van der Waals surface area contributed by atoms with Gasteiger partial charge in [0.25, 0.3) is 5.69 Å². The first-order valence-electron chi connectivity index (χ1n) is 5.62. The van der Waals surface area contributed by atoms with Crippen LogP contribution in [0.25, 0.3) is 0 Å². The van der Waals surface area contributed by atoms with Crippen molar-refractivity contribution in [3.05, 3.63) is 33.4 Å². The highest BCUT2D eigenvalue weighted by molar-refractivity contribution is 7.99. The molecule has 1 aromatic carbocycles. The summed E-state index contributed by atoms with van der Waals surface area (Å²) in [4.78, 5) is 22.0. The number of carboxylic acids is 1. The number of carboxylic acid groups (broad SMARTS) is 1. The van der Waals surface area contributed by atoms with Gasteiger partial charge in [0, 0.05) is 16.5 Å². The van der Waals surface area contributed by atoms with E-state index in [1.54, 1.807) is 6.92 Å². The predicted molar refractivity (Wildman–Crippen MR) is 70.4 cm³/mol. The third-order valence-corrected chi connectivity index (χ3v) is 3.76. The number of hydrogen-bond donors (Lipinski definition) is 1. The Bertz CT molecular complexity index is 473. The summed E-state index contributed by atoms with van der Waals surface area (Å²) in [6, 6.07) is 2.62. The highest BCUT2D eigenvalue weighted by atomic mass is 32.2. The third-order valence-electron chi connectivity index (χ3n) is 2.53. The van der Waals surface area contributed by atoms with Crippen LogP contribution in [0.1, 0.15) is 35.7 Å². The average molecular weight is 269 g/mol. The Labute approximate surface area is 109 Å². The van der Waals surface area contributed by atoms with Gasteiger partial charge < -0.3 is 5.11 Å². The fourth-order valence-electron chi connectivity index (χ4n) is 1.46.